The topological polar surface area (TPSA) is 26.0 Å². The summed E-state index contributed by atoms with van der Waals surface area (Å²) in [5.74, 6) is 0. The van der Waals surface area contributed by atoms with Crippen molar-refractivity contribution in [3.05, 3.63) is 34.9 Å². The Hall–Kier alpha value is -0.820. The van der Waals surface area contributed by atoms with Crippen LogP contribution in [-0.2, 0) is 19.3 Å². The fourth-order valence-corrected chi connectivity index (χ4v) is 3.30. The number of aryl methyl sites for hydroxylation is 2. The second-order valence-corrected chi connectivity index (χ2v) is 5.69. The van der Waals surface area contributed by atoms with E-state index in [2.05, 4.69) is 18.2 Å². The van der Waals surface area contributed by atoms with Crippen LogP contribution in [0.3, 0.4) is 0 Å². The fraction of sp³-hybridized carbons (Fsp3) is 0.600. The van der Waals surface area contributed by atoms with Crippen LogP contribution in [-0.4, -0.2) is 6.54 Å². The third-order valence-corrected chi connectivity index (χ3v) is 4.59. The molecule has 86 valence electrons. The number of rotatable bonds is 3. The molecular formula is C15H21N. The van der Waals surface area contributed by atoms with Crippen LogP contribution in [0.1, 0.15) is 42.4 Å². The molecule has 0 amide bonds. The predicted octanol–water partition coefficient (Wildman–Crippen LogP) is 2.85. The van der Waals surface area contributed by atoms with Crippen molar-refractivity contribution in [2.24, 2.45) is 11.1 Å². The van der Waals surface area contributed by atoms with Gasteiger partial charge in [0.2, 0.25) is 0 Å². The molecule has 1 heteroatoms. The maximum atomic E-state index is 5.93. The quantitative estimate of drug-likeness (QED) is 0.824. The first-order valence-electron chi connectivity index (χ1n) is 6.62. The third-order valence-electron chi connectivity index (χ3n) is 4.59. The van der Waals surface area contributed by atoms with E-state index in [1.54, 1.807) is 11.1 Å². The zero-order valence-corrected chi connectivity index (χ0v) is 9.97. The van der Waals surface area contributed by atoms with Crippen molar-refractivity contribution in [1.29, 1.82) is 0 Å². The van der Waals surface area contributed by atoms with Gasteiger partial charge in [-0.1, -0.05) is 24.6 Å². The van der Waals surface area contributed by atoms with E-state index < -0.39 is 0 Å². The van der Waals surface area contributed by atoms with E-state index >= 15 is 0 Å². The summed E-state index contributed by atoms with van der Waals surface area (Å²) in [5.41, 5.74) is 11.1. The molecule has 0 unspecified atom stereocenters. The Bertz CT molecular complexity index is 385. The van der Waals surface area contributed by atoms with Crippen LogP contribution in [0, 0.1) is 5.41 Å². The van der Waals surface area contributed by atoms with E-state index in [0.717, 1.165) is 6.54 Å². The van der Waals surface area contributed by atoms with Crippen molar-refractivity contribution < 1.29 is 0 Å². The monoisotopic (exact) mass is 215 g/mol. The molecule has 1 aromatic carbocycles. The van der Waals surface area contributed by atoms with Crippen LogP contribution in [0.2, 0.25) is 0 Å². The van der Waals surface area contributed by atoms with E-state index in [1.165, 1.54) is 50.5 Å². The summed E-state index contributed by atoms with van der Waals surface area (Å²) in [7, 11) is 0. The van der Waals surface area contributed by atoms with E-state index in [9.17, 15) is 0 Å². The first-order valence-corrected chi connectivity index (χ1v) is 6.62. The highest BCUT2D eigenvalue weighted by Gasteiger charge is 2.35. The molecule has 1 nitrogen and oxygen atoms in total. The molecule has 0 radical (unpaired) electrons. The summed E-state index contributed by atoms with van der Waals surface area (Å²) in [6.07, 6.45) is 9.18. The van der Waals surface area contributed by atoms with Gasteiger partial charge in [0.25, 0.3) is 0 Å². The average molecular weight is 215 g/mol. The summed E-state index contributed by atoms with van der Waals surface area (Å²) in [5, 5.41) is 0. The molecule has 0 heterocycles. The zero-order chi connectivity index (χ0) is 11.0. The van der Waals surface area contributed by atoms with Gasteiger partial charge in [-0.25, -0.2) is 0 Å². The Labute approximate surface area is 98.0 Å². The van der Waals surface area contributed by atoms with Crippen molar-refractivity contribution in [3.63, 3.8) is 0 Å². The highest BCUT2D eigenvalue weighted by molar-refractivity contribution is 5.35. The summed E-state index contributed by atoms with van der Waals surface area (Å²) in [4.78, 5) is 0. The Morgan fingerprint density at radius 3 is 2.56 bits per heavy atom. The van der Waals surface area contributed by atoms with Crippen LogP contribution in [0.15, 0.2) is 18.2 Å². The van der Waals surface area contributed by atoms with Gasteiger partial charge in [0.1, 0.15) is 0 Å². The molecule has 0 spiro atoms. The highest BCUT2D eigenvalue weighted by atomic mass is 14.6. The summed E-state index contributed by atoms with van der Waals surface area (Å²) >= 11 is 0. The molecule has 1 saturated carbocycles. The van der Waals surface area contributed by atoms with Crippen LogP contribution in [0.4, 0.5) is 0 Å². The number of nitrogens with two attached hydrogens (primary N) is 1. The van der Waals surface area contributed by atoms with Gasteiger partial charge in [-0.3, -0.25) is 0 Å². The van der Waals surface area contributed by atoms with Gasteiger partial charge in [-0.05, 0) is 67.2 Å². The van der Waals surface area contributed by atoms with Gasteiger partial charge in [-0.15, -0.1) is 0 Å². The maximum absolute atomic E-state index is 5.93. The van der Waals surface area contributed by atoms with Gasteiger partial charge in [-0.2, -0.15) is 0 Å². The van der Waals surface area contributed by atoms with E-state index in [1.807, 2.05) is 0 Å². The zero-order valence-electron chi connectivity index (χ0n) is 9.97. The number of hydrogen-bond donors (Lipinski definition) is 1. The van der Waals surface area contributed by atoms with Crippen molar-refractivity contribution in [2.75, 3.05) is 6.54 Å². The van der Waals surface area contributed by atoms with Crippen molar-refractivity contribution in [2.45, 2.75) is 44.9 Å². The SMILES string of the molecule is NCC1(Cc2ccc3c(c2)CCC3)CCC1. The summed E-state index contributed by atoms with van der Waals surface area (Å²) in [6, 6.07) is 7.12. The van der Waals surface area contributed by atoms with Gasteiger partial charge in [0.15, 0.2) is 0 Å². The normalized spacial score (nSPS) is 21.6. The molecule has 1 aromatic rings. The third kappa shape index (κ3) is 1.67. The minimum atomic E-state index is 0.451. The lowest BCUT2D eigenvalue weighted by molar-refractivity contribution is 0.145. The molecule has 0 atom stereocenters. The molecule has 0 aromatic heterocycles. The highest BCUT2D eigenvalue weighted by Crippen LogP contribution is 2.43. The van der Waals surface area contributed by atoms with Crippen molar-refractivity contribution in [1.82, 2.24) is 0 Å². The maximum Gasteiger partial charge on any atom is -0.00173 e. The van der Waals surface area contributed by atoms with Gasteiger partial charge in [0.05, 0.1) is 0 Å². The lowest BCUT2D eigenvalue weighted by Crippen LogP contribution is -2.39. The van der Waals surface area contributed by atoms with Crippen molar-refractivity contribution in [3.8, 4) is 0 Å². The molecule has 1 fully saturated rings. The number of benzene rings is 1. The van der Waals surface area contributed by atoms with Crippen molar-refractivity contribution >= 4 is 0 Å². The van der Waals surface area contributed by atoms with Crippen LogP contribution in [0.25, 0.3) is 0 Å². The first kappa shape index (κ1) is 10.3. The molecule has 0 bridgehead atoms. The molecule has 2 aliphatic rings. The summed E-state index contributed by atoms with van der Waals surface area (Å²) < 4.78 is 0. The van der Waals surface area contributed by atoms with Gasteiger partial charge >= 0.3 is 0 Å². The molecule has 2 aliphatic carbocycles. The minimum Gasteiger partial charge on any atom is -0.330 e. The van der Waals surface area contributed by atoms with Crippen LogP contribution < -0.4 is 5.73 Å². The second kappa shape index (κ2) is 3.89. The Morgan fingerprint density at radius 1 is 1.06 bits per heavy atom. The van der Waals surface area contributed by atoms with Gasteiger partial charge in [0, 0.05) is 0 Å². The van der Waals surface area contributed by atoms with E-state index in [-0.39, 0.29) is 0 Å². The average Bonchev–Trinajstić information content (AvgIpc) is 2.70. The lowest BCUT2D eigenvalue weighted by Gasteiger charge is -2.41. The van der Waals surface area contributed by atoms with E-state index in [4.69, 9.17) is 5.73 Å². The number of hydrogen-bond acceptors (Lipinski definition) is 1. The standard InChI is InChI=1S/C15H21N/c16-11-15(7-2-8-15)10-12-5-6-13-3-1-4-14(13)9-12/h5-6,9H,1-4,7-8,10-11,16H2. The molecule has 2 N–H and O–H groups in total. The largest absolute Gasteiger partial charge is 0.330 e. The smallest absolute Gasteiger partial charge is 0.00173 e. The van der Waals surface area contributed by atoms with Crippen LogP contribution >= 0.6 is 0 Å². The Morgan fingerprint density at radius 2 is 1.88 bits per heavy atom. The fourth-order valence-electron chi connectivity index (χ4n) is 3.30. The summed E-state index contributed by atoms with van der Waals surface area (Å²) in [6.45, 7) is 0.865. The molecule has 0 aliphatic heterocycles. The number of fused-ring (bicyclic) bond motifs is 1. The van der Waals surface area contributed by atoms with E-state index in [0.29, 0.717) is 5.41 Å². The Kier molecular flexibility index (Phi) is 2.51. The molecule has 16 heavy (non-hydrogen) atoms. The second-order valence-electron chi connectivity index (χ2n) is 5.69. The minimum absolute atomic E-state index is 0.451. The lowest BCUT2D eigenvalue weighted by atomic mass is 9.65. The Balaban J connectivity index is 1.80. The molecule has 3 rings (SSSR count). The first-order chi connectivity index (χ1) is 7.81. The van der Waals surface area contributed by atoms with Gasteiger partial charge < -0.3 is 5.73 Å². The molecular weight excluding hydrogens is 194 g/mol. The predicted molar refractivity (Wildman–Crippen MR) is 67.5 cm³/mol. The molecule has 0 saturated heterocycles. The van der Waals surface area contributed by atoms with Crippen LogP contribution in [0.5, 0.6) is 0 Å².